The Morgan fingerprint density at radius 2 is 1.84 bits per heavy atom. The fraction of sp³-hybridized carbons (Fsp3) is 0.524. The largest absolute Gasteiger partial charge is 0.342 e. The van der Waals surface area contributed by atoms with Crippen molar-refractivity contribution in [1.29, 1.82) is 0 Å². The fourth-order valence-electron chi connectivity index (χ4n) is 4.82. The van der Waals surface area contributed by atoms with Crippen LogP contribution in [-0.2, 0) is 19.6 Å². The van der Waals surface area contributed by atoms with Crippen molar-refractivity contribution in [2.45, 2.75) is 49.5 Å². The van der Waals surface area contributed by atoms with Crippen LogP contribution in [0.2, 0.25) is 10.0 Å². The number of hydrogen-bond acceptors (Lipinski definition) is 4. The van der Waals surface area contributed by atoms with Crippen LogP contribution in [0.15, 0.2) is 35.5 Å². The van der Waals surface area contributed by atoms with Crippen LogP contribution in [-0.4, -0.2) is 48.6 Å². The van der Waals surface area contributed by atoms with Gasteiger partial charge in [0.1, 0.15) is 6.04 Å². The number of rotatable bonds is 4. The zero-order chi connectivity index (χ0) is 22.2. The molecule has 1 saturated carbocycles. The molecule has 3 atom stereocenters. The third-order valence-electron chi connectivity index (χ3n) is 6.54. The van der Waals surface area contributed by atoms with E-state index in [0.717, 1.165) is 17.1 Å². The summed E-state index contributed by atoms with van der Waals surface area (Å²) in [7, 11) is -4.11. The smallest absolute Gasteiger partial charge is 0.264 e. The fourth-order valence-corrected chi connectivity index (χ4v) is 6.66. The number of likely N-dealkylation sites (tertiary alicyclic amines) is 1. The van der Waals surface area contributed by atoms with Gasteiger partial charge in [-0.2, -0.15) is 0 Å². The molecule has 1 N–H and O–H groups in total. The van der Waals surface area contributed by atoms with Gasteiger partial charge in [-0.1, -0.05) is 42.5 Å². The van der Waals surface area contributed by atoms with Crippen molar-refractivity contribution in [2.24, 2.45) is 11.8 Å². The first-order valence-corrected chi connectivity index (χ1v) is 12.7. The van der Waals surface area contributed by atoms with Crippen molar-refractivity contribution >= 4 is 45.0 Å². The number of benzene rings is 1. The van der Waals surface area contributed by atoms with E-state index in [4.69, 9.17) is 23.2 Å². The van der Waals surface area contributed by atoms with Crippen LogP contribution in [0, 0.1) is 11.8 Å². The molecule has 0 aromatic heterocycles. The van der Waals surface area contributed by atoms with E-state index >= 15 is 0 Å². The van der Waals surface area contributed by atoms with E-state index in [1.165, 1.54) is 49.9 Å². The van der Waals surface area contributed by atoms with E-state index in [1.54, 1.807) is 4.90 Å². The lowest BCUT2D eigenvalue weighted by Gasteiger charge is -2.42. The first-order valence-electron chi connectivity index (χ1n) is 10.5. The number of halogens is 2. The topological polar surface area (TPSA) is 86.8 Å². The van der Waals surface area contributed by atoms with Gasteiger partial charge in [0.15, 0.2) is 0 Å². The Morgan fingerprint density at radius 1 is 1.10 bits per heavy atom. The van der Waals surface area contributed by atoms with E-state index in [9.17, 15) is 18.0 Å². The second-order valence-corrected chi connectivity index (χ2v) is 11.0. The molecule has 4 rings (SSSR count). The Balaban J connectivity index is 1.53. The first-order chi connectivity index (χ1) is 14.8. The monoisotopic (exact) mass is 485 g/mol. The summed E-state index contributed by atoms with van der Waals surface area (Å²) in [5, 5.41) is 2.84. The minimum atomic E-state index is -4.11. The van der Waals surface area contributed by atoms with Crippen LogP contribution >= 0.6 is 23.2 Å². The molecule has 1 aromatic carbocycles. The summed E-state index contributed by atoms with van der Waals surface area (Å²) in [6, 6.07) is 2.79. The zero-order valence-corrected chi connectivity index (χ0v) is 19.3. The molecule has 3 aliphatic rings. The van der Waals surface area contributed by atoms with Crippen molar-refractivity contribution in [1.82, 2.24) is 14.5 Å². The number of fused-ring (bicyclic) bond motifs is 1. The standard InChI is InChI=1S/C21H25Cl2N3O4S/c22-17-6-5-16(11-18(17)23)31(29,30)26-10-8-24-21(28)19(26)12-20(27)25-9-7-14-3-1-2-4-15(14)13-25/h5-6,8,10-11,14-15,19H,1-4,7,9,12-13H2,(H,24,28)/t14-,15-,19+/m0/s1. The third kappa shape index (κ3) is 4.56. The average molecular weight is 486 g/mol. The predicted octanol–water partition coefficient (Wildman–Crippen LogP) is 3.38. The molecule has 0 radical (unpaired) electrons. The molecule has 2 aliphatic heterocycles. The molecule has 2 amide bonds. The molecule has 0 bridgehead atoms. The van der Waals surface area contributed by atoms with Crippen LogP contribution < -0.4 is 5.32 Å². The van der Waals surface area contributed by atoms with Crippen LogP contribution in [0.25, 0.3) is 0 Å². The molecule has 2 fully saturated rings. The minimum Gasteiger partial charge on any atom is -0.342 e. The SMILES string of the molecule is O=C1NC=CN(S(=O)(=O)c2ccc(Cl)c(Cl)c2)[C@@H]1CC(=O)N1CC[C@@H]2CCCC[C@H]2C1. The molecular weight excluding hydrogens is 461 g/mol. The Morgan fingerprint density at radius 3 is 2.58 bits per heavy atom. The van der Waals surface area contributed by atoms with Crippen molar-refractivity contribution in [3.8, 4) is 0 Å². The lowest BCUT2D eigenvalue weighted by atomic mass is 9.75. The number of sulfonamides is 1. The Kier molecular flexibility index (Phi) is 6.51. The van der Waals surface area contributed by atoms with Crippen LogP contribution in [0.1, 0.15) is 38.5 Å². The van der Waals surface area contributed by atoms with Gasteiger partial charge in [-0.05, 0) is 42.9 Å². The maximum atomic E-state index is 13.2. The number of carbonyl (C=O) groups is 2. The Labute approximate surface area is 192 Å². The number of nitrogens with zero attached hydrogens (tertiary/aromatic N) is 2. The number of piperidine rings is 1. The number of nitrogens with one attached hydrogen (secondary N) is 1. The van der Waals surface area contributed by atoms with Gasteiger partial charge in [-0.25, -0.2) is 8.42 Å². The van der Waals surface area contributed by atoms with E-state index in [2.05, 4.69) is 5.32 Å². The van der Waals surface area contributed by atoms with Crippen molar-refractivity contribution < 1.29 is 18.0 Å². The molecular formula is C21H25Cl2N3O4S. The summed E-state index contributed by atoms with van der Waals surface area (Å²) in [6.45, 7) is 1.34. The Bertz CT molecular complexity index is 1010. The molecule has 31 heavy (non-hydrogen) atoms. The molecule has 10 heteroatoms. The zero-order valence-electron chi connectivity index (χ0n) is 17.0. The molecule has 0 unspecified atom stereocenters. The van der Waals surface area contributed by atoms with Crippen molar-refractivity contribution in [2.75, 3.05) is 13.1 Å². The summed E-state index contributed by atoms with van der Waals surface area (Å²) in [4.78, 5) is 27.3. The van der Waals surface area contributed by atoms with Crippen LogP contribution in [0.5, 0.6) is 0 Å². The molecule has 168 valence electrons. The summed E-state index contributed by atoms with van der Waals surface area (Å²) in [5.74, 6) is 0.439. The third-order valence-corrected chi connectivity index (χ3v) is 9.06. The van der Waals surface area contributed by atoms with Gasteiger partial charge in [0.2, 0.25) is 11.8 Å². The minimum absolute atomic E-state index is 0.0937. The highest BCUT2D eigenvalue weighted by Gasteiger charge is 2.39. The van der Waals surface area contributed by atoms with Crippen molar-refractivity contribution in [3.05, 3.63) is 40.6 Å². The quantitative estimate of drug-likeness (QED) is 0.707. The lowest BCUT2D eigenvalue weighted by molar-refractivity contribution is -0.138. The molecule has 2 heterocycles. The number of amides is 2. The predicted molar refractivity (Wildman–Crippen MR) is 118 cm³/mol. The van der Waals surface area contributed by atoms with E-state index in [1.807, 2.05) is 0 Å². The Hall–Kier alpha value is -1.77. The average Bonchev–Trinajstić information content (AvgIpc) is 2.76. The van der Waals surface area contributed by atoms with Gasteiger partial charge < -0.3 is 10.2 Å². The van der Waals surface area contributed by atoms with Gasteiger partial charge in [0, 0.05) is 25.5 Å². The molecule has 0 spiro atoms. The summed E-state index contributed by atoms with van der Waals surface area (Å²) >= 11 is 11.9. The van der Waals surface area contributed by atoms with Gasteiger partial charge in [0.25, 0.3) is 10.0 Å². The van der Waals surface area contributed by atoms with Crippen molar-refractivity contribution in [3.63, 3.8) is 0 Å². The van der Waals surface area contributed by atoms with E-state index in [-0.39, 0.29) is 27.3 Å². The van der Waals surface area contributed by atoms with E-state index in [0.29, 0.717) is 24.9 Å². The highest BCUT2D eigenvalue weighted by atomic mass is 35.5. The lowest BCUT2D eigenvalue weighted by Crippen LogP contribution is -2.52. The molecule has 1 saturated heterocycles. The van der Waals surface area contributed by atoms with Gasteiger partial charge >= 0.3 is 0 Å². The van der Waals surface area contributed by atoms with E-state index < -0.39 is 22.0 Å². The summed E-state index contributed by atoms with van der Waals surface area (Å²) in [6.07, 6.45) is 8.07. The second-order valence-electron chi connectivity index (χ2n) is 8.39. The molecule has 1 aliphatic carbocycles. The van der Waals surface area contributed by atoms with Gasteiger partial charge in [0.05, 0.1) is 21.4 Å². The second kappa shape index (κ2) is 9.00. The summed E-state index contributed by atoms with van der Waals surface area (Å²) in [5.41, 5.74) is 0. The van der Waals surface area contributed by atoms with Crippen LogP contribution in [0.4, 0.5) is 0 Å². The van der Waals surface area contributed by atoms with Crippen LogP contribution in [0.3, 0.4) is 0 Å². The highest BCUT2D eigenvalue weighted by Crippen LogP contribution is 2.36. The number of hydrogen-bond donors (Lipinski definition) is 1. The normalized spacial score (nSPS) is 26.4. The molecule has 1 aromatic rings. The first kappa shape index (κ1) is 22.4. The van der Waals surface area contributed by atoms with Gasteiger partial charge in [-0.3, -0.25) is 13.9 Å². The maximum absolute atomic E-state index is 13.2. The highest BCUT2D eigenvalue weighted by molar-refractivity contribution is 7.89. The molecule has 7 nitrogen and oxygen atoms in total. The summed E-state index contributed by atoms with van der Waals surface area (Å²) < 4.78 is 27.4. The number of carbonyl (C=O) groups excluding carboxylic acids is 2. The maximum Gasteiger partial charge on any atom is 0.264 e. The van der Waals surface area contributed by atoms with Gasteiger partial charge in [-0.15, -0.1) is 0 Å².